The third kappa shape index (κ3) is 4.27. The topological polar surface area (TPSA) is 94.6 Å². The lowest BCUT2D eigenvalue weighted by Gasteiger charge is -2.14. The van der Waals surface area contributed by atoms with Crippen LogP contribution in [-0.2, 0) is 0 Å². The molecule has 0 amide bonds. The van der Waals surface area contributed by atoms with Crippen molar-refractivity contribution in [3.8, 4) is 23.8 Å². The van der Waals surface area contributed by atoms with Crippen LogP contribution in [0.5, 0.6) is 11.6 Å². The molecule has 1 N–H and O–H groups in total. The van der Waals surface area contributed by atoms with Crippen LogP contribution >= 0.6 is 11.3 Å². The minimum absolute atomic E-state index is 0.0345. The molecule has 32 heavy (non-hydrogen) atoms. The van der Waals surface area contributed by atoms with Crippen molar-refractivity contribution in [2.45, 2.75) is 13.8 Å². The van der Waals surface area contributed by atoms with Gasteiger partial charge in [-0.05, 0) is 78.4 Å². The number of allylic oxidation sites excluding steroid dienone is 1. The van der Waals surface area contributed by atoms with E-state index in [-0.39, 0.29) is 11.5 Å². The van der Waals surface area contributed by atoms with Crippen LogP contribution in [-0.4, -0.2) is 9.97 Å². The van der Waals surface area contributed by atoms with Gasteiger partial charge in [-0.1, -0.05) is 0 Å². The fourth-order valence-electron chi connectivity index (χ4n) is 3.25. The Kier molecular flexibility index (Phi) is 5.80. The Morgan fingerprint density at radius 1 is 1.09 bits per heavy atom. The van der Waals surface area contributed by atoms with Gasteiger partial charge in [-0.15, -0.1) is 11.3 Å². The van der Waals surface area contributed by atoms with E-state index in [1.165, 1.54) is 29.5 Å². The predicted octanol–water partition coefficient (Wildman–Crippen LogP) is 6.39. The second-order valence-electron chi connectivity index (χ2n) is 6.97. The summed E-state index contributed by atoms with van der Waals surface area (Å²) in [5.74, 6) is 0.678. The standard InChI is InChI=1S/C24H16FN5OS/c1-14-10-16(4-3-8-26)11-15(2)21(14)31-23-22-20(7-9-32-22)29-24(30-23)28-18-6-5-17(13-27)19(25)12-18/h3-7,9-12H,1-2H3,(H,28,29,30)/b4-3+. The van der Waals surface area contributed by atoms with Crippen molar-refractivity contribution in [2.75, 3.05) is 5.32 Å². The van der Waals surface area contributed by atoms with Gasteiger partial charge in [0.05, 0.1) is 17.1 Å². The fourth-order valence-corrected chi connectivity index (χ4v) is 4.00. The van der Waals surface area contributed by atoms with Gasteiger partial charge in [0.25, 0.3) is 0 Å². The van der Waals surface area contributed by atoms with Crippen LogP contribution in [0.2, 0.25) is 0 Å². The average molecular weight is 441 g/mol. The number of thiophene rings is 1. The summed E-state index contributed by atoms with van der Waals surface area (Å²) in [6, 6.07) is 13.7. The summed E-state index contributed by atoms with van der Waals surface area (Å²) in [6.07, 6.45) is 3.17. The van der Waals surface area contributed by atoms with E-state index in [0.29, 0.717) is 22.8 Å². The molecule has 2 aromatic heterocycles. The van der Waals surface area contributed by atoms with Gasteiger partial charge in [0.2, 0.25) is 11.8 Å². The SMILES string of the molecule is Cc1cc(/C=C/C#N)cc(C)c1Oc1nc(Nc2ccc(C#N)c(F)c2)nc2ccsc12. The molecule has 8 heteroatoms. The molecule has 0 aliphatic heterocycles. The molecule has 0 saturated carbocycles. The maximum atomic E-state index is 14.0. The van der Waals surface area contributed by atoms with Crippen LogP contribution in [0.3, 0.4) is 0 Å². The third-order valence-corrected chi connectivity index (χ3v) is 5.54. The highest BCUT2D eigenvalue weighted by atomic mass is 32.1. The first-order valence-corrected chi connectivity index (χ1v) is 10.4. The van der Waals surface area contributed by atoms with Crippen molar-refractivity contribution in [2.24, 2.45) is 0 Å². The molecule has 6 nitrogen and oxygen atoms in total. The minimum Gasteiger partial charge on any atom is -0.437 e. The molecule has 156 valence electrons. The summed E-state index contributed by atoms with van der Waals surface area (Å²) < 4.78 is 21.0. The maximum absolute atomic E-state index is 14.0. The average Bonchev–Trinajstić information content (AvgIpc) is 3.24. The number of rotatable bonds is 5. The fraction of sp³-hybridized carbons (Fsp3) is 0.0833. The summed E-state index contributed by atoms with van der Waals surface area (Å²) in [5, 5.41) is 22.5. The number of hydrogen-bond donors (Lipinski definition) is 1. The molecule has 4 rings (SSSR count). The second kappa shape index (κ2) is 8.84. The van der Waals surface area contributed by atoms with E-state index in [1.54, 1.807) is 18.2 Å². The lowest BCUT2D eigenvalue weighted by molar-refractivity contribution is 0.463. The van der Waals surface area contributed by atoms with Crippen molar-refractivity contribution in [1.82, 2.24) is 9.97 Å². The van der Waals surface area contributed by atoms with Crippen LogP contribution in [0.1, 0.15) is 22.3 Å². The molecule has 0 fully saturated rings. The van der Waals surface area contributed by atoms with E-state index in [1.807, 2.05) is 43.5 Å². The minimum atomic E-state index is -0.623. The molecule has 0 saturated heterocycles. The Morgan fingerprint density at radius 3 is 2.56 bits per heavy atom. The molecule has 0 radical (unpaired) electrons. The van der Waals surface area contributed by atoms with Crippen LogP contribution in [0.25, 0.3) is 16.3 Å². The Bertz CT molecular complexity index is 1420. The number of nitrogens with zero attached hydrogens (tertiary/aromatic N) is 4. The summed E-state index contributed by atoms with van der Waals surface area (Å²) in [4.78, 5) is 8.99. The maximum Gasteiger partial charge on any atom is 0.242 e. The number of nitrogens with one attached hydrogen (secondary N) is 1. The summed E-state index contributed by atoms with van der Waals surface area (Å²) in [5.41, 5.74) is 3.78. The van der Waals surface area contributed by atoms with Gasteiger partial charge < -0.3 is 10.1 Å². The van der Waals surface area contributed by atoms with Gasteiger partial charge in [0.15, 0.2) is 0 Å². The first kappa shape index (κ1) is 21.0. The number of nitriles is 2. The molecule has 0 bridgehead atoms. The van der Waals surface area contributed by atoms with Gasteiger partial charge in [0.1, 0.15) is 22.3 Å². The summed E-state index contributed by atoms with van der Waals surface area (Å²) in [7, 11) is 0. The van der Waals surface area contributed by atoms with Crippen molar-refractivity contribution in [3.63, 3.8) is 0 Å². The lowest BCUT2D eigenvalue weighted by atomic mass is 10.1. The molecule has 0 atom stereocenters. The number of benzene rings is 2. The first-order valence-electron chi connectivity index (χ1n) is 9.55. The largest absolute Gasteiger partial charge is 0.437 e. The van der Waals surface area contributed by atoms with Crippen molar-refractivity contribution >= 4 is 39.3 Å². The number of aryl methyl sites for hydroxylation is 2. The molecule has 0 aliphatic rings. The van der Waals surface area contributed by atoms with E-state index in [4.69, 9.17) is 15.3 Å². The number of anilines is 2. The third-order valence-electron chi connectivity index (χ3n) is 4.65. The number of fused-ring (bicyclic) bond motifs is 1. The van der Waals surface area contributed by atoms with E-state index >= 15 is 0 Å². The number of ether oxygens (including phenoxy) is 1. The Morgan fingerprint density at radius 2 is 1.88 bits per heavy atom. The monoisotopic (exact) mass is 441 g/mol. The molecule has 2 aromatic carbocycles. The van der Waals surface area contributed by atoms with Gasteiger partial charge in [-0.2, -0.15) is 15.5 Å². The molecular weight excluding hydrogens is 425 g/mol. The predicted molar refractivity (Wildman–Crippen MR) is 122 cm³/mol. The van der Waals surface area contributed by atoms with E-state index in [9.17, 15) is 4.39 Å². The summed E-state index contributed by atoms with van der Waals surface area (Å²) in [6.45, 7) is 3.86. The number of halogens is 1. The molecule has 0 spiro atoms. The molecule has 4 aromatic rings. The Balaban J connectivity index is 1.70. The van der Waals surface area contributed by atoms with Crippen LogP contribution in [0.4, 0.5) is 16.0 Å². The molecule has 0 unspecified atom stereocenters. The first-order chi connectivity index (χ1) is 15.5. The molecular formula is C24H16FN5OS. The zero-order valence-corrected chi connectivity index (χ0v) is 18.0. The smallest absolute Gasteiger partial charge is 0.242 e. The Labute approximate surface area is 187 Å². The molecule has 2 heterocycles. The Hall–Kier alpha value is -4.27. The highest BCUT2D eigenvalue weighted by Gasteiger charge is 2.15. The lowest BCUT2D eigenvalue weighted by Crippen LogP contribution is -2.01. The van der Waals surface area contributed by atoms with Gasteiger partial charge >= 0.3 is 0 Å². The number of aromatic nitrogens is 2. The zero-order chi connectivity index (χ0) is 22.7. The second-order valence-corrected chi connectivity index (χ2v) is 7.88. The van der Waals surface area contributed by atoms with E-state index in [2.05, 4.69) is 15.3 Å². The number of hydrogen-bond acceptors (Lipinski definition) is 7. The van der Waals surface area contributed by atoms with E-state index < -0.39 is 5.82 Å². The highest BCUT2D eigenvalue weighted by Crippen LogP contribution is 2.36. The van der Waals surface area contributed by atoms with Crippen molar-refractivity contribution < 1.29 is 9.13 Å². The van der Waals surface area contributed by atoms with Gasteiger partial charge in [-0.25, -0.2) is 9.37 Å². The summed E-state index contributed by atoms with van der Waals surface area (Å²) >= 11 is 1.46. The zero-order valence-electron chi connectivity index (χ0n) is 17.2. The molecule has 0 aliphatic carbocycles. The van der Waals surface area contributed by atoms with Crippen LogP contribution < -0.4 is 10.1 Å². The van der Waals surface area contributed by atoms with Gasteiger partial charge in [-0.3, -0.25) is 0 Å². The van der Waals surface area contributed by atoms with Crippen LogP contribution in [0.15, 0.2) is 47.9 Å². The quantitative estimate of drug-likeness (QED) is 0.361. The van der Waals surface area contributed by atoms with E-state index in [0.717, 1.165) is 21.4 Å². The normalized spacial score (nSPS) is 10.8. The highest BCUT2D eigenvalue weighted by molar-refractivity contribution is 7.17. The van der Waals surface area contributed by atoms with Crippen LogP contribution in [0, 0.1) is 42.3 Å². The van der Waals surface area contributed by atoms with Crippen molar-refractivity contribution in [3.05, 3.63) is 75.9 Å². The van der Waals surface area contributed by atoms with Gasteiger partial charge in [0, 0.05) is 11.8 Å². The van der Waals surface area contributed by atoms with Crippen molar-refractivity contribution in [1.29, 1.82) is 10.5 Å².